The second kappa shape index (κ2) is 6.45. The van der Waals surface area contributed by atoms with Crippen molar-refractivity contribution >= 4 is 11.8 Å². The fourth-order valence-corrected chi connectivity index (χ4v) is 4.45. The van der Waals surface area contributed by atoms with Crippen LogP contribution in [0.2, 0.25) is 0 Å². The Morgan fingerprint density at radius 2 is 1.96 bits per heavy atom. The zero-order valence-electron chi connectivity index (χ0n) is 14.1. The maximum atomic E-state index is 12.6. The highest BCUT2D eigenvalue weighted by Gasteiger charge is 2.45. The first-order chi connectivity index (χ1) is 11.8. The number of hydrogen-bond donors (Lipinski definition) is 1. The summed E-state index contributed by atoms with van der Waals surface area (Å²) in [5, 5.41) is 3.23. The van der Waals surface area contributed by atoms with Crippen molar-refractivity contribution in [3.63, 3.8) is 0 Å². The molecule has 3 aliphatic rings. The predicted octanol–water partition coefficient (Wildman–Crippen LogP) is 1.79. The van der Waals surface area contributed by atoms with Gasteiger partial charge in [0.25, 0.3) is 0 Å². The minimum atomic E-state index is 0.122. The van der Waals surface area contributed by atoms with E-state index < -0.39 is 0 Å². The SMILES string of the molecule is COc1cc(N2CC[C@@H]3[C@@H]2CCN3C(=O)NC2CCCC2)ncn1. The molecule has 1 N–H and O–H groups in total. The Labute approximate surface area is 142 Å². The number of amides is 2. The van der Waals surface area contributed by atoms with Crippen LogP contribution in [0.25, 0.3) is 0 Å². The minimum Gasteiger partial charge on any atom is -0.481 e. The third kappa shape index (κ3) is 2.76. The number of rotatable bonds is 3. The van der Waals surface area contributed by atoms with Gasteiger partial charge in [0, 0.05) is 25.2 Å². The molecule has 7 nitrogen and oxygen atoms in total. The van der Waals surface area contributed by atoms with Gasteiger partial charge in [0.05, 0.1) is 19.2 Å². The Balaban J connectivity index is 1.44. The van der Waals surface area contributed by atoms with Gasteiger partial charge in [0.1, 0.15) is 12.1 Å². The molecule has 2 aliphatic heterocycles. The Morgan fingerprint density at radius 3 is 2.75 bits per heavy atom. The van der Waals surface area contributed by atoms with E-state index in [0.29, 0.717) is 18.0 Å². The molecule has 7 heteroatoms. The molecule has 0 radical (unpaired) electrons. The molecule has 2 amide bonds. The molecule has 1 aliphatic carbocycles. The number of carbonyl (C=O) groups excluding carboxylic acids is 1. The summed E-state index contributed by atoms with van der Waals surface area (Å²) < 4.78 is 5.21. The smallest absolute Gasteiger partial charge is 0.317 e. The molecule has 1 aromatic rings. The van der Waals surface area contributed by atoms with E-state index in [-0.39, 0.29) is 12.1 Å². The van der Waals surface area contributed by atoms with Gasteiger partial charge in [-0.1, -0.05) is 12.8 Å². The van der Waals surface area contributed by atoms with Gasteiger partial charge in [-0.15, -0.1) is 0 Å². The average molecular weight is 331 g/mol. The fourth-order valence-electron chi connectivity index (χ4n) is 4.45. The monoisotopic (exact) mass is 331 g/mol. The summed E-state index contributed by atoms with van der Waals surface area (Å²) in [6, 6.07) is 3.01. The molecule has 3 heterocycles. The minimum absolute atomic E-state index is 0.122. The van der Waals surface area contributed by atoms with E-state index in [1.807, 2.05) is 11.0 Å². The number of likely N-dealkylation sites (tertiary alicyclic amines) is 1. The summed E-state index contributed by atoms with van der Waals surface area (Å²) in [5.41, 5.74) is 0. The van der Waals surface area contributed by atoms with Crippen LogP contribution in [-0.4, -0.2) is 59.2 Å². The van der Waals surface area contributed by atoms with Crippen LogP contribution < -0.4 is 15.0 Å². The van der Waals surface area contributed by atoms with Gasteiger partial charge in [0.15, 0.2) is 0 Å². The highest BCUT2D eigenvalue weighted by molar-refractivity contribution is 5.75. The molecule has 2 saturated heterocycles. The molecule has 2 atom stereocenters. The lowest BCUT2D eigenvalue weighted by atomic mass is 10.1. The second-order valence-corrected chi connectivity index (χ2v) is 6.95. The van der Waals surface area contributed by atoms with E-state index in [4.69, 9.17) is 4.74 Å². The molecule has 4 rings (SSSR count). The normalized spacial score (nSPS) is 26.7. The van der Waals surface area contributed by atoms with Crippen LogP contribution in [-0.2, 0) is 0 Å². The van der Waals surface area contributed by atoms with E-state index in [1.54, 1.807) is 13.4 Å². The molecule has 3 fully saturated rings. The second-order valence-electron chi connectivity index (χ2n) is 6.95. The van der Waals surface area contributed by atoms with Crippen LogP contribution in [0.1, 0.15) is 38.5 Å². The maximum absolute atomic E-state index is 12.6. The number of methoxy groups -OCH3 is 1. The number of fused-ring (bicyclic) bond motifs is 1. The Hall–Kier alpha value is -2.05. The summed E-state index contributed by atoms with van der Waals surface area (Å²) in [4.78, 5) is 25.5. The van der Waals surface area contributed by atoms with Crippen LogP contribution in [0.15, 0.2) is 12.4 Å². The van der Waals surface area contributed by atoms with Crippen molar-refractivity contribution in [2.24, 2.45) is 0 Å². The van der Waals surface area contributed by atoms with Crippen molar-refractivity contribution < 1.29 is 9.53 Å². The van der Waals surface area contributed by atoms with E-state index >= 15 is 0 Å². The number of ether oxygens (including phenoxy) is 1. The highest BCUT2D eigenvalue weighted by atomic mass is 16.5. The fraction of sp³-hybridized carbons (Fsp3) is 0.706. The third-order valence-electron chi connectivity index (χ3n) is 5.65. The largest absolute Gasteiger partial charge is 0.481 e. The maximum Gasteiger partial charge on any atom is 0.317 e. The van der Waals surface area contributed by atoms with Crippen LogP contribution >= 0.6 is 0 Å². The van der Waals surface area contributed by atoms with Crippen LogP contribution in [0.3, 0.4) is 0 Å². The van der Waals surface area contributed by atoms with Crippen molar-refractivity contribution in [1.82, 2.24) is 20.2 Å². The molecule has 130 valence electrons. The molecule has 1 aromatic heterocycles. The molecule has 0 unspecified atom stereocenters. The van der Waals surface area contributed by atoms with Crippen molar-refractivity contribution in [2.45, 2.75) is 56.7 Å². The predicted molar refractivity (Wildman–Crippen MR) is 90.2 cm³/mol. The van der Waals surface area contributed by atoms with Crippen LogP contribution in [0.5, 0.6) is 5.88 Å². The molecule has 0 aromatic carbocycles. The summed E-state index contributed by atoms with van der Waals surface area (Å²) in [6.07, 6.45) is 8.26. The molecule has 0 spiro atoms. The topological polar surface area (TPSA) is 70.6 Å². The molecule has 24 heavy (non-hydrogen) atoms. The summed E-state index contributed by atoms with van der Waals surface area (Å²) in [5.74, 6) is 1.48. The van der Waals surface area contributed by atoms with Gasteiger partial charge >= 0.3 is 6.03 Å². The number of urea groups is 1. The van der Waals surface area contributed by atoms with Gasteiger partial charge in [-0.25, -0.2) is 14.8 Å². The summed E-state index contributed by atoms with van der Waals surface area (Å²) in [7, 11) is 1.61. The highest BCUT2D eigenvalue weighted by Crippen LogP contribution is 2.35. The standard InChI is InChI=1S/C17H25N5O2/c1-24-16-10-15(18-11-19-16)21-8-6-14-13(21)7-9-22(14)17(23)20-12-4-2-3-5-12/h10-14H,2-9H2,1H3,(H,20,23)/t13-,14+/m0/s1. The Morgan fingerprint density at radius 1 is 1.17 bits per heavy atom. The van der Waals surface area contributed by atoms with Gasteiger partial charge in [-0.05, 0) is 25.7 Å². The van der Waals surface area contributed by atoms with Gasteiger partial charge < -0.3 is 19.9 Å². The number of aromatic nitrogens is 2. The zero-order valence-corrected chi connectivity index (χ0v) is 14.1. The van der Waals surface area contributed by atoms with Gasteiger partial charge in [0.2, 0.25) is 5.88 Å². The first kappa shape index (κ1) is 15.5. The van der Waals surface area contributed by atoms with Crippen LogP contribution in [0.4, 0.5) is 10.6 Å². The van der Waals surface area contributed by atoms with E-state index in [0.717, 1.165) is 44.6 Å². The Kier molecular flexibility index (Phi) is 4.16. The summed E-state index contributed by atoms with van der Waals surface area (Å²) >= 11 is 0. The number of nitrogens with zero attached hydrogens (tertiary/aromatic N) is 4. The Bertz CT molecular complexity index is 604. The van der Waals surface area contributed by atoms with Gasteiger partial charge in [-0.3, -0.25) is 0 Å². The molecular formula is C17H25N5O2. The van der Waals surface area contributed by atoms with Crippen molar-refractivity contribution in [3.8, 4) is 5.88 Å². The lowest BCUT2D eigenvalue weighted by Gasteiger charge is -2.27. The molecule has 1 saturated carbocycles. The zero-order chi connectivity index (χ0) is 16.5. The summed E-state index contributed by atoms with van der Waals surface area (Å²) in [6.45, 7) is 1.75. The number of anilines is 1. The molecular weight excluding hydrogens is 306 g/mol. The van der Waals surface area contributed by atoms with Gasteiger partial charge in [-0.2, -0.15) is 0 Å². The van der Waals surface area contributed by atoms with Crippen molar-refractivity contribution in [1.29, 1.82) is 0 Å². The first-order valence-electron chi connectivity index (χ1n) is 8.96. The number of hydrogen-bond acceptors (Lipinski definition) is 5. The average Bonchev–Trinajstić information content (AvgIpc) is 3.31. The van der Waals surface area contributed by atoms with E-state index in [2.05, 4.69) is 20.2 Å². The quantitative estimate of drug-likeness (QED) is 0.914. The number of carbonyl (C=O) groups is 1. The van der Waals surface area contributed by atoms with Crippen LogP contribution in [0, 0.1) is 0 Å². The van der Waals surface area contributed by atoms with E-state index in [9.17, 15) is 4.79 Å². The van der Waals surface area contributed by atoms with Crippen molar-refractivity contribution in [2.75, 3.05) is 25.1 Å². The van der Waals surface area contributed by atoms with Crippen molar-refractivity contribution in [3.05, 3.63) is 12.4 Å². The molecule has 0 bridgehead atoms. The lowest BCUT2D eigenvalue weighted by Crippen LogP contribution is -2.47. The lowest BCUT2D eigenvalue weighted by molar-refractivity contribution is 0.189. The number of nitrogens with one attached hydrogen (secondary N) is 1. The third-order valence-corrected chi connectivity index (χ3v) is 5.65. The van der Waals surface area contributed by atoms with E-state index in [1.165, 1.54) is 12.8 Å². The first-order valence-corrected chi connectivity index (χ1v) is 8.96.